The third kappa shape index (κ3) is 6.74. The molecule has 1 aromatic carbocycles. The summed E-state index contributed by atoms with van der Waals surface area (Å²) in [5, 5.41) is 0. The second kappa shape index (κ2) is 11.7. The van der Waals surface area contributed by atoms with Crippen molar-refractivity contribution in [2.24, 2.45) is 11.8 Å². The minimum Gasteiger partial charge on any atom is -0.462 e. The number of benzene rings is 1. The topological polar surface area (TPSA) is 69.0 Å². The second-order valence-electron chi connectivity index (χ2n) is 11.3. The van der Waals surface area contributed by atoms with Gasteiger partial charge >= 0.3 is 5.97 Å². The van der Waals surface area contributed by atoms with Crippen LogP contribution in [0.25, 0.3) is 11.3 Å². The van der Waals surface area contributed by atoms with Crippen LogP contribution in [0.4, 0.5) is 5.88 Å². The molecule has 1 saturated heterocycles. The summed E-state index contributed by atoms with van der Waals surface area (Å²) in [6.45, 7) is 11.9. The first kappa shape index (κ1) is 27.2. The Hall–Kier alpha value is -2.82. The summed E-state index contributed by atoms with van der Waals surface area (Å²) in [6, 6.07) is 9.35. The summed E-state index contributed by atoms with van der Waals surface area (Å²) >= 11 is 0. The molecule has 198 valence electrons. The maximum atomic E-state index is 13.9. The van der Waals surface area contributed by atoms with E-state index in [9.17, 15) is 9.59 Å². The van der Waals surface area contributed by atoms with E-state index < -0.39 is 14.0 Å². The van der Waals surface area contributed by atoms with Gasteiger partial charge in [0.25, 0.3) is 0 Å². The molecule has 1 aliphatic heterocycles. The molecule has 0 radical (unpaired) electrons. The molecule has 1 atom stereocenters. The van der Waals surface area contributed by atoms with Gasteiger partial charge < -0.3 is 13.9 Å². The minimum absolute atomic E-state index is 0.0193. The fourth-order valence-electron chi connectivity index (χ4n) is 4.91. The van der Waals surface area contributed by atoms with E-state index in [0.29, 0.717) is 31.3 Å². The number of carbonyl (C=O) groups excluding carboxylic acids is 2. The van der Waals surface area contributed by atoms with Crippen molar-refractivity contribution < 1.29 is 23.5 Å². The molecule has 0 spiro atoms. The summed E-state index contributed by atoms with van der Waals surface area (Å²) in [4.78, 5) is 28.7. The number of carbonyl (C=O) groups is 2. The number of furan rings is 1. The molecule has 6 nitrogen and oxygen atoms in total. The molecule has 2 fully saturated rings. The van der Waals surface area contributed by atoms with Crippen molar-refractivity contribution in [2.75, 3.05) is 24.7 Å². The van der Waals surface area contributed by atoms with Crippen LogP contribution in [0.2, 0.25) is 19.6 Å². The highest BCUT2D eigenvalue weighted by molar-refractivity contribution is 6.83. The van der Waals surface area contributed by atoms with Gasteiger partial charge in [0.2, 0.25) is 11.8 Å². The van der Waals surface area contributed by atoms with E-state index in [4.69, 9.17) is 13.9 Å². The molecule has 4 rings (SSSR count). The number of hydrogen-bond donors (Lipinski definition) is 0. The molecule has 1 saturated carbocycles. The third-order valence-electron chi connectivity index (χ3n) is 7.05. The zero-order chi connectivity index (χ0) is 26.6. The monoisotopic (exact) mass is 521 g/mol. The molecular weight excluding hydrogens is 482 g/mol. The van der Waals surface area contributed by atoms with Crippen LogP contribution in [0.1, 0.15) is 61.9 Å². The molecule has 7 heteroatoms. The van der Waals surface area contributed by atoms with Gasteiger partial charge in [0.15, 0.2) is 0 Å². The Morgan fingerprint density at radius 2 is 1.78 bits per heavy atom. The summed E-state index contributed by atoms with van der Waals surface area (Å²) in [7, 11) is -1.48. The highest BCUT2D eigenvalue weighted by atomic mass is 28.3. The Labute approximate surface area is 221 Å². The summed E-state index contributed by atoms with van der Waals surface area (Å²) in [5.41, 5.74) is 5.42. The van der Waals surface area contributed by atoms with Gasteiger partial charge in [-0.05, 0) is 69.2 Å². The van der Waals surface area contributed by atoms with Crippen LogP contribution in [0.3, 0.4) is 0 Å². The van der Waals surface area contributed by atoms with Gasteiger partial charge in [0, 0.05) is 29.7 Å². The number of rotatable bonds is 6. The predicted octanol–water partition coefficient (Wildman–Crippen LogP) is 6.30. The maximum Gasteiger partial charge on any atom is 0.343 e. The van der Waals surface area contributed by atoms with Gasteiger partial charge in [-0.15, -0.1) is 5.54 Å². The minimum atomic E-state index is -1.48. The van der Waals surface area contributed by atoms with E-state index in [1.807, 2.05) is 24.3 Å². The first-order valence-corrected chi connectivity index (χ1v) is 17.0. The molecule has 2 aliphatic rings. The summed E-state index contributed by atoms with van der Waals surface area (Å²) in [6.07, 6.45) is 4.48. The zero-order valence-electron chi connectivity index (χ0n) is 22.8. The van der Waals surface area contributed by atoms with E-state index in [1.54, 1.807) is 17.9 Å². The van der Waals surface area contributed by atoms with Crippen molar-refractivity contribution in [1.29, 1.82) is 0 Å². The lowest BCUT2D eigenvalue weighted by molar-refractivity contribution is -0.124. The highest BCUT2D eigenvalue weighted by Crippen LogP contribution is 2.38. The third-order valence-corrected chi connectivity index (χ3v) is 7.93. The van der Waals surface area contributed by atoms with E-state index >= 15 is 0 Å². The zero-order valence-corrected chi connectivity index (χ0v) is 23.8. The van der Waals surface area contributed by atoms with Crippen LogP contribution in [0.5, 0.6) is 0 Å². The van der Waals surface area contributed by atoms with Gasteiger partial charge in [0.05, 0.1) is 19.3 Å². The smallest absolute Gasteiger partial charge is 0.343 e. The molecule has 1 unspecified atom stereocenters. The fourth-order valence-corrected chi connectivity index (χ4v) is 5.43. The molecule has 0 bridgehead atoms. The van der Waals surface area contributed by atoms with Crippen molar-refractivity contribution in [3.05, 3.63) is 41.5 Å². The van der Waals surface area contributed by atoms with Gasteiger partial charge in [0.1, 0.15) is 19.4 Å². The van der Waals surface area contributed by atoms with Crippen molar-refractivity contribution in [3.63, 3.8) is 0 Å². The average Bonchev–Trinajstić information content (AvgIpc) is 3.55. The molecule has 1 aliphatic carbocycles. The van der Waals surface area contributed by atoms with Gasteiger partial charge in [-0.1, -0.05) is 32.5 Å². The Bertz CT molecular complexity index is 1150. The lowest BCUT2D eigenvalue weighted by atomic mass is 9.82. The molecule has 1 amide bonds. The molecule has 2 heterocycles. The van der Waals surface area contributed by atoms with Gasteiger partial charge in [-0.2, -0.15) is 0 Å². The lowest BCUT2D eigenvalue weighted by Gasteiger charge is -2.33. The van der Waals surface area contributed by atoms with E-state index in [0.717, 1.165) is 36.8 Å². The summed E-state index contributed by atoms with van der Waals surface area (Å²) < 4.78 is 17.4. The number of anilines is 1. The average molecular weight is 522 g/mol. The number of nitrogens with zero attached hydrogens (tertiary/aromatic N) is 1. The Balaban J connectivity index is 1.71. The molecule has 2 aromatic rings. The van der Waals surface area contributed by atoms with Crippen LogP contribution >= 0.6 is 0 Å². The van der Waals surface area contributed by atoms with E-state index in [1.165, 1.54) is 0 Å². The normalized spacial score (nSPS) is 21.7. The molecular formula is C30H39NO5Si. The predicted molar refractivity (Wildman–Crippen MR) is 148 cm³/mol. The highest BCUT2D eigenvalue weighted by Gasteiger charge is 2.39. The van der Waals surface area contributed by atoms with Crippen molar-refractivity contribution in [3.8, 4) is 22.8 Å². The first-order chi connectivity index (χ1) is 17.7. The number of esters is 1. The first-order valence-electron chi connectivity index (χ1n) is 13.5. The summed E-state index contributed by atoms with van der Waals surface area (Å²) in [5.74, 6) is 4.15. The quantitative estimate of drug-likeness (QED) is 0.253. The van der Waals surface area contributed by atoms with Crippen molar-refractivity contribution >= 4 is 25.8 Å². The Morgan fingerprint density at radius 1 is 1.08 bits per heavy atom. The number of hydrogen-bond acceptors (Lipinski definition) is 5. The van der Waals surface area contributed by atoms with Crippen molar-refractivity contribution in [1.82, 2.24) is 0 Å². The van der Waals surface area contributed by atoms with Crippen molar-refractivity contribution in [2.45, 2.75) is 71.6 Å². The number of amides is 1. The van der Waals surface area contributed by atoms with Crippen LogP contribution in [0.15, 0.2) is 34.7 Å². The second-order valence-corrected chi connectivity index (χ2v) is 16.1. The van der Waals surface area contributed by atoms with Crippen LogP contribution in [0, 0.1) is 23.3 Å². The van der Waals surface area contributed by atoms with Crippen LogP contribution in [-0.2, 0) is 14.3 Å². The largest absolute Gasteiger partial charge is 0.462 e. The molecule has 37 heavy (non-hydrogen) atoms. The maximum absolute atomic E-state index is 13.9. The molecule has 0 N–H and O–H groups in total. The van der Waals surface area contributed by atoms with Gasteiger partial charge in [-0.3, -0.25) is 9.69 Å². The lowest BCUT2D eigenvalue weighted by Crippen LogP contribution is -2.45. The van der Waals surface area contributed by atoms with Crippen LogP contribution < -0.4 is 4.90 Å². The van der Waals surface area contributed by atoms with E-state index in [2.05, 4.69) is 38.0 Å². The SMILES string of the molecule is CCOC(=O)c1cc(-c2ccc(C#C[Si](C)(C)C)cc2)oc1N(C(=O)[C@H]1CC[C@H](C)CC1)C1CCOC1. The van der Waals surface area contributed by atoms with E-state index in [-0.39, 0.29) is 35.9 Å². The Kier molecular flexibility index (Phi) is 8.61. The van der Waals surface area contributed by atoms with Crippen LogP contribution in [-0.4, -0.2) is 45.8 Å². The Morgan fingerprint density at radius 3 is 2.38 bits per heavy atom. The standard InChI is InChI=1S/C30H39NO5Si/c1-6-35-30(33)26-19-27(23-13-9-22(10-14-23)16-18-37(3,4)5)36-29(26)31(25-15-17-34-20-25)28(32)24-11-7-21(2)8-12-24/h9-10,13-14,19,21,24-25H,6-8,11-12,15,17,20H2,1-5H3/t21-,24-,25?. The van der Waals surface area contributed by atoms with Gasteiger partial charge in [-0.25, -0.2) is 4.79 Å². The molecule has 1 aromatic heterocycles. The number of ether oxygens (including phenoxy) is 2. The fraction of sp³-hybridized carbons (Fsp3) is 0.533.